The topological polar surface area (TPSA) is 144 Å². The Morgan fingerprint density at radius 1 is 0.355 bits per heavy atom. The summed E-state index contributed by atoms with van der Waals surface area (Å²) < 4.78 is 13.8. The number of hydrogen-bond donors (Lipinski definition) is 0. The highest BCUT2D eigenvalue weighted by molar-refractivity contribution is 6.40. The predicted octanol–water partition coefficient (Wildman–Crippen LogP) is 18.6. The van der Waals surface area contributed by atoms with Crippen molar-refractivity contribution in [3.63, 3.8) is 0 Å². The van der Waals surface area contributed by atoms with Crippen LogP contribution in [0.1, 0.15) is 222 Å². The van der Waals surface area contributed by atoms with Crippen LogP contribution in [-0.2, 0) is 97.2 Å². The molecule has 6 heterocycles. The molecule has 12 heteroatoms. The fraction of sp³-hybridized carbons (Fsp3) is 0.357. The van der Waals surface area contributed by atoms with Gasteiger partial charge in [-0.3, -0.25) is 14.4 Å². The molecule has 0 radical (unpaired) electrons. The third kappa shape index (κ3) is 14.8. The number of allylic oxidation sites excluding steroid dienone is 12. The van der Waals surface area contributed by atoms with Crippen LogP contribution in [-0.4, -0.2) is 81.5 Å². The summed E-state index contributed by atoms with van der Waals surface area (Å²) in [4.78, 5) is 42.1. The lowest BCUT2D eigenvalue weighted by Gasteiger charge is -2.32. The van der Waals surface area contributed by atoms with Crippen LogP contribution in [0.25, 0.3) is 16.7 Å². The highest BCUT2D eigenvalue weighted by Crippen LogP contribution is 2.51. The molecular weight excluding hydrogens is 1530 g/mol. The van der Waals surface area contributed by atoms with Crippen LogP contribution in [0.3, 0.4) is 0 Å². The van der Waals surface area contributed by atoms with Crippen LogP contribution in [0.5, 0.6) is 0 Å². The number of rotatable bonds is 23. The molecule has 0 N–H and O–H groups in total. The Balaban J connectivity index is 0.000000122. The van der Waals surface area contributed by atoms with Crippen molar-refractivity contribution in [3.8, 4) is 0 Å². The van der Waals surface area contributed by atoms with Crippen LogP contribution in [0.15, 0.2) is 286 Å². The smallest absolute Gasteiger partial charge is 0.216 e. The monoisotopic (exact) mass is 1640 g/mol. The predicted molar refractivity (Wildman–Crippen MR) is 490 cm³/mol. The zero-order valence-corrected chi connectivity index (χ0v) is 73.6. The fourth-order valence-corrected chi connectivity index (χ4v) is 23.0. The van der Waals surface area contributed by atoms with E-state index in [1.807, 2.05) is 36.4 Å². The number of Topliss-reactive ketones (excluding diaryl/α,β-unsaturated/α-hetero) is 3. The van der Waals surface area contributed by atoms with E-state index in [0.717, 1.165) is 202 Å². The lowest BCUT2D eigenvalue weighted by Crippen LogP contribution is -2.35. The van der Waals surface area contributed by atoms with E-state index in [2.05, 4.69) is 265 Å². The Bertz CT molecular complexity index is 6230. The number of benzene rings is 6. The summed E-state index contributed by atoms with van der Waals surface area (Å²) in [6.07, 6.45) is 26.7. The van der Waals surface area contributed by atoms with E-state index >= 15 is 0 Å². The summed E-state index contributed by atoms with van der Waals surface area (Å²) in [5, 5.41) is 42.1. The quantitative estimate of drug-likeness (QED) is 0.0461. The van der Waals surface area contributed by atoms with Crippen LogP contribution < -0.4 is 15.3 Å². The number of ketones is 3. The van der Waals surface area contributed by atoms with Gasteiger partial charge in [-0.15, -0.1) is 0 Å². The average Bonchev–Trinajstić information content (AvgIpc) is 1.54. The maximum absolute atomic E-state index is 14.1. The SMILES string of the molecule is CC1(C)CCC2=CC(=C3C(=O)C(c4cc5c(n4CCc4ccccc4)C(C)(C)CC5)=C3[O-])[N+](CCc3ccccc3)=C21.CC1CCC2=CC(=C3C(=O)C(c4cc5c(n4CCc4ccccc4)C(C)CC5)=C3[O-])[N+](CCc3ccccc3)=C21.CCC1CCC2=CC(=C3C(=O)C(c4cc5c(n4CCc4ccccc4)C(CC)CC5)=C3[O-])[N+](CCc3ccccc3)=C21. The van der Waals surface area contributed by atoms with Crippen molar-refractivity contribution < 1.29 is 43.4 Å². The van der Waals surface area contributed by atoms with E-state index in [1.54, 1.807) is 0 Å². The van der Waals surface area contributed by atoms with Crippen molar-refractivity contribution in [1.29, 1.82) is 0 Å². The van der Waals surface area contributed by atoms with Crippen molar-refractivity contribution in [3.05, 3.63) is 370 Å². The van der Waals surface area contributed by atoms with Gasteiger partial charge in [0.05, 0.1) is 39.2 Å². The third-order valence-corrected chi connectivity index (χ3v) is 29.5. The van der Waals surface area contributed by atoms with Crippen molar-refractivity contribution >= 4 is 51.2 Å². The maximum Gasteiger partial charge on any atom is 0.216 e. The lowest BCUT2D eigenvalue weighted by atomic mass is 9.83. The molecule has 630 valence electrons. The second kappa shape index (κ2) is 33.7. The molecule has 0 amide bonds. The first-order valence-corrected chi connectivity index (χ1v) is 46.4. The fourth-order valence-electron chi connectivity index (χ4n) is 23.0. The highest BCUT2D eigenvalue weighted by Gasteiger charge is 2.51. The van der Waals surface area contributed by atoms with E-state index in [-0.39, 0.29) is 45.5 Å². The minimum atomic E-state index is -0.0927. The van der Waals surface area contributed by atoms with Gasteiger partial charge in [0.15, 0.2) is 36.8 Å². The third-order valence-electron chi connectivity index (χ3n) is 29.5. The highest BCUT2D eigenvalue weighted by atomic mass is 16.3. The molecular formula is C112H116N6O6. The molecule has 12 aliphatic rings. The zero-order chi connectivity index (χ0) is 85.4. The molecule has 0 bridgehead atoms. The van der Waals surface area contributed by atoms with Gasteiger partial charge in [-0.05, 0) is 203 Å². The minimum absolute atomic E-state index is 0.0196. The summed E-state index contributed by atoms with van der Waals surface area (Å²) in [5.41, 5.74) is 30.7. The number of hydrogen-bond acceptors (Lipinski definition) is 6. The van der Waals surface area contributed by atoms with Gasteiger partial charge in [0.1, 0.15) is 0 Å². The van der Waals surface area contributed by atoms with Gasteiger partial charge in [0.2, 0.25) is 34.4 Å². The van der Waals surface area contributed by atoms with Crippen LogP contribution >= 0.6 is 0 Å². The molecule has 3 aromatic heterocycles. The molecule has 3 fully saturated rings. The molecule has 21 rings (SSSR count). The Morgan fingerprint density at radius 3 is 1.18 bits per heavy atom. The van der Waals surface area contributed by atoms with E-state index in [4.69, 9.17) is 0 Å². The standard InChI is InChI=1S/2C38H40N2O2.C36H36N2O2/c1-37(2)19-15-27-23-29(39(35(27)37)21-17-25-11-7-5-8-12-25)31-33(41)32(34(31)42)30-24-28-16-20-38(3,4)36(28)40(30)22-18-26-13-9-6-10-14-26;1-3-27-15-17-29-23-31(39(35(27)29)21-19-25-11-7-5-8-12-25)33-37(41)34(38(33)42)32-24-30-18-16-28(4-2)36(30)40(32)22-20-26-13-9-6-10-14-26;1-23-13-15-27-21-29(37(33(23)27)19-17-25-9-5-3-6-10-25)31-35(39)32(36(31)40)30-22-28-16-14-24(2)34(28)38(30)20-18-26-11-7-4-8-12-26/h5-14,23-24H,15-22H2,1-4H3;5-14,23-24,27-28H,3-4,15-22H2,1-2H3;3-12,21-24H,13-20H2,1-2H3. The summed E-state index contributed by atoms with van der Waals surface area (Å²) in [5.74, 6) is 1.35. The van der Waals surface area contributed by atoms with Crippen molar-refractivity contribution in [1.82, 2.24) is 13.7 Å². The van der Waals surface area contributed by atoms with E-state index < -0.39 is 0 Å². The number of carbonyl (C=O) groups is 3. The van der Waals surface area contributed by atoms with E-state index in [9.17, 15) is 29.7 Å². The molecule has 0 spiro atoms. The number of aromatic nitrogens is 3. The Labute approximate surface area is 731 Å². The average molecular weight is 1640 g/mol. The van der Waals surface area contributed by atoms with Crippen molar-refractivity contribution in [2.24, 2.45) is 17.3 Å². The summed E-state index contributed by atoms with van der Waals surface area (Å²) in [6.45, 7) is 22.8. The molecule has 6 aromatic carbocycles. The second-order valence-corrected chi connectivity index (χ2v) is 38.1. The normalized spacial score (nSPS) is 22.8. The molecule has 12 nitrogen and oxygen atoms in total. The maximum atomic E-state index is 14.1. The van der Waals surface area contributed by atoms with Gasteiger partial charge < -0.3 is 29.0 Å². The van der Waals surface area contributed by atoms with Gasteiger partial charge in [0.25, 0.3) is 0 Å². The van der Waals surface area contributed by atoms with Gasteiger partial charge in [-0.2, -0.15) is 13.7 Å². The Kier molecular flexibility index (Phi) is 22.3. The second-order valence-electron chi connectivity index (χ2n) is 38.1. The van der Waals surface area contributed by atoms with Crippen LogP contribution in [0.2, 0.25) is 0 Å². The first kappa shape index (κ1) is 81.9. The number of nitrogens with zero attached hydrogens (tertiary/aromatic N) is 6. The van der Waals surface area contributed by atoms with Gasteiger partial charge in [-0.1, -0.05) is 241 Å². The van der Waals surface area contributed by atoms with Crippen LogP contribution in [0.4, 0.5) is 0 Å². The number of aryl methyl sites for hydroxylation is 6. The van der Waals surface area contributed by atoms with Crippen molar-refractivity contribution in [2.75, 3.05) is 19.6 Å². The number of fused-ring (bicyclic) bond motifs is 6. The molecule has 9 aromatic rings. The first-order chi connectivity index (χ1) is 60.2. The van der Waals surface area contributed by atoms with Gasteiger partial charge in [0, 0.05) is 125 Å². The van der Waals surface area contributed by atoms with Gasteiger partial charge in [-0.25, -0.2) is 0 Å². The Hall–Kier alpha value is -11.8. The van der Waals surface area contributed by atoms with E-state index in [1.165, 1.54) is 101 Å². The Morgan fingerprint density at radius 2 is 0.710 bits per heavy atom. The minimum Gasteiger partial charge on any atom is -0.871 e. The first-order valence-electron chi connectivity index (χ1n) is 46.4. The summed E-state index contributed by atoms with van der Waals surface area (Å²) in [6, 6.07) is 69.4. The van der Waals surface area contributed by atoms with Crippen molar-refractivity contribution in [2.45, 2.75) is 221 Å². The molecule has 124 heavy (non-hydrogen) atoms. The summed E-state index contributed by atoms with van der Waals surface area (Å²) in [7, 11) is 0. The molecule has 9 aliphatic carbocycles. The largest absolute Gasteiger partial charge is 0.871 e. The summed E-state index contributed by atoms with van der Waals surface area (Å²) >= 11 is 0. The lowest BCUT2D eigenvalue weighted by molar-refractivity contribution is -0.472. The molecule has 3 aliphatic heterocycles. The van der Waals surface area contributed by atoms with Gasteiger partial charge >= 0.3 is 0 Å². The molecule has 3 saturated carbocycles. The molecule has 4 atom stereocenters. The zero-order valence-electron chi connectivity index (χ0n) is 73.6. The molecule has 4 unspecified atom stereocenters. The number of carbonyl (C=O) groups excluding carboxylic acids is 3. The van der Waals surface area contributed by atoms with E-state index in [0.29, 0.717) is 57.1 Å². The molecule has 0 saturated heterocycles. The van der Waals surface area contributed by atoms with Crippen LogP contribution in [0, 0.1) is 17.3 Å².